The third-order valence-corrected chi connectivity index (χ3v) is 6.05. The molecule has 0 saturated carbocycles. The molecule has 0 aliphatic carbocycles. The van der Waals surface area contributed by atoms with Crippen LogP contribution in [0.3, 0.4) is 0 Å². The van der Waals surface area contributed by atoms with E-state index >= 15 is 0 Å². The van der Waals surface area contributed by atoms with Crippen molar-refractivity contribution in [1.29, 1.82) is 0 Å². The van der Waals surface area contributed by atoms with Crippen molar-refractivity contribution >= 4 is 0 Å². The van der Waals surface area contributed by atoms with E-state index in [1.807, 2.05) is 42.5 Å². The Morgan fingerprint density at radius 1 is 0.667 bits per heavy atom. The summed E-state index contributed by atoms with van der Waals surface area (Å²) >= 11 is 0. The normalized spacial score (nSPS) is 11.1. The Morgan fingerprint density at radius 2 is 1.27 bits per heavy atom. The molecule has 4 heteroatoms. The van der Waals surface area contributed by atoms with Gasteiger partial charge in [0.2, 0.25) is 0 Å². The molecule has 0 bridgehead atoms. The first-order chi connectivity index (χ1) is 16.2. The maximum absolute atomic E-state index is 9.52. The van der Waals surface area contributed by atoms with Gasteiger partial charge in [0, 0.05) is 23.2 Å². The molecular formula is C29H32N2O2. The average molecular weight is 441 g/mol. The lowest BCUT2D eigenvalue weighted by Gasteiger charge is -2.14. The third-order valence-electron chi connectivity index (χ3n) is 6.05. The van der Waals surface area contributed by atoms with E-state index in [9.17, 15) is 10.2 Å². The maximum atomic E-state index is 9.52. The van der Waals surface area contributed by atoms with Crippen LogP contribution in [0.15, 0.2) is 78.9 Å². The van der Waals surface area contributed by atoms with Crippen molar-refractivity contribution < 1.29 is 10.2 Å². The summed E-state index contributed by atoms with van der Waals surface area (Å²) in [5.74, 6) is 0.967. The van der Waals surface area contributed by atoms with E-state index in [0.29, 0.717) is 0 Å². The van der Waals surface area contributed by atoms with Crippen molar-refractivity contribution in [2.24, 2.45) is 0 Å². The molecule has 4 rings (SSSR count). The van der Waals surface area contributed by atoms with Gasteiger partial charge in [-0.3, -0.25) is 0 Å². The average Bonchev–Trinajstić information content (AvgIpc) is 3.26. The summed E-state index contributed by atoms with van der Waals surface area (Å²) in [5.41, 5.74) is 7.01. The summed E-state index contributed by atoms with van der Waals surface area (Å²) in [4.78, 5) is 5.18. The number of hydrogen-bond donors (Lipinski definition) is 2. The number of nitrogens with zero attached hydrogens (tertiary/aromatic N) is 2. The van der Waals surface area contributed by atoms with E-state index in [4.69, 9.17) is 4.98 Å². The van der Waals surface area contributed by atoms with Crippen LogP contribution in [0.2, 0.25) is 0 Å². The molecule has 2 N–H and O–H groups in total. The van der Waals surface area contributed by atoms with Gasteiger partial charge in [-0.25, -0.2) is 4.98 Å². The van der Waals surface area contributed by atoms with Crippen LogP contribution in [0, 0.1) is 0 Å². The molecule has 0 aliphatic heterocycles. The zero-order chi connectivity index (χ0) is 23.0. The van der Waals surface area contributed by atoms with Gasteiger partial charge in [0.25, 0.3) is 0 Å². The standard InChI is InChI=1S/C29H32N2O2/c1-2-3-4-8-19-31-28(25-17-13-23(21-33)14-18-25)27(24-15-11-22(20-32)12-16-24)30-29(31)26-9-6-5-7-10-26/h5-7,9-18,32-33H,2-4,8,19-21H2,1H3. The lowest BCUT2D eigenvalue weighted by molar-refractivity contribution is 0.281. The monoisotopic (exact) mass is 440 g/mol. The van der Waals surface area contributed by atoms with Gasteiger partial charge in [-0.2, -0.15) is 0 Å². The van der Waals surface area contributed by atoms with Crippen LogP contribution in [0.4, 0.5) is 0 Å². The molecule has 1 heterocycles. The SMILES string of the molecule is CCCCCCn1c(-c2ccccc2)nc(-c2ccc(CO)cc2)c1-c1ccc(CO)cc1. The van der Waals surface area contributed by atoms with Crippen LogP contribution < -0.4 is 0 Å². The highest BCUT2D eigenvalue weighted by molar-refractivity contribution is 5.82. The molecule has 4 nitrogen and oxygen atoms in total. The van der Waals surface area contributed by atoms with E-state index in [1.165, 1.54) is 19.3 Å². The summed E-state index contributed by atoms with van der Waals surface area (Å²) in [6.45, 7) is 3.18. The number of imidazole rings is 1. The number of aliphatic hydroxyl groups is 2. The van der Waals surface area contributed by atoms with Gasteiger partial charge < -0.3 is 14.8 Å². The number of rotatable bonds is 10. The van der Waals surface area contributed by atoms with Gasteiger partial charge in [-0.1, -0.05) is 105 Å². The predicted molar refractivity (Wildman–Crippen MR) is 135 cm³/mol. The van der Waals surface area contributed by atoms with Gasteiger partial charge in [0.15, 0.2) is 0 Å². The van der Waals surface area contributed by atoms with Crippen molar-refractivity contribution in [3.8, 4) is 33.9 Å². The van der Waals surface area contributed by atoms with Gasteiger partial charge >= 0.3 is 0 Å². The second-order valence-corrected chi connectivity index (χ2v) is 8.42. The molecule has 1 aromatic heterocycles. The highest BCUT2D eigenvalue weighted by atomic mass is 16.3. The van der Waals surface area contributed by atoms with Gasteiger partial charge in [0.05, 0.1) is 24.6 Å². The second-order valence-electron chi connectivity index (χ2n) is 8.42. The molecule has 0 saturated heterocycles. The highest BCUT2D eigenvalue weighted by Gasteiger charge is 2.21. The molecule has 3 aromatic carbocycles. The highest BCUT2D eigenvalue weighted by Crippen LogP contribution is 2.37. The molecular weight excluding hydrogens is 408 g/mol. The zero-order valence-electron chi connectivity index (χ0n) is 19.2. The summed E-state index contributed by atoms with van der Waals surface area (Å²) in [6, 6.07) is 26.4. The maximum Gasteiger partial charge on any atom is 0.141 e. The van der Waals surface area contributed by atoms with E-state index in [0.717, 1.165) is 58.0 Å². The summed E-state index contributed by atoms with van der Waals surface area (Å²) < 4.78 is 2.36. The Morgan fingerprint density at radius 3 is 1.85 bits per heavy atom. The Bertz CT molecular complexity index is 1150. The lowest BCUT2D eigenvalue weighted by Crippen LogP contribution is -2.03. The van der Waals surface area contributed by atoms with Crippen molar-refractivity contribution in [2.75, 3.05) is 0 Å². The largest absolute Gasteiger partial charge is 0.392 e. The predicted octanol–water partition coefficient (Wildman–Crippen LogP) is 6.45. The van der Waals surface area contributed by atoms with E-state index < -0.39 is 0 Å². The number of aliphatic hydroxyl groups excluding tert-OH is 2. The van der Waals surface area contributed by atoms with Crippen LogP contribution in [0.1, 0.15) is 43.7 Å². The van der Waals surface area contributed by atoms with Gasteiger partial charge in [-0.15, -0.1) is 0 Å². The molecule has 170 valence electrons. The van der Waals surface area contributed by atoms with E-state index in [1.54, 1.807) is 0 Å². The zero-order valence-corrected chi connectivity index (χ0v) is 19.2. The van der Waals surface area contributed by atoms with Crippen molar-refractivity contribution in [1.82, 2.24) is 9.55 Å². The minimum atomic E-state index is 0.0247. The topological polar surface area (TPSA) is 58.3 Å². The molecule has 0 spiro atoms. The molecule has 33 heavy (non-hydrogen) atoms. The summed E-state index contributed by atoms with van der Waals surface area (Å²) in [5, 5.41) is 19.0. The first-order valence-corrected chi connectivity index (χ1v) is 11.8. The van der Waals surface area contributed by atoms with Gasteiger partial charge in [0.1, 0.15) is 5.82 Å². The smallest absolute Gasteiger partial charge is 0.141 e. The Labute approximate surface area is 196 Å². The van der Waals surface area contributed by atoms with Crippen molar-refractivity contribution in [3.63, 3.8) is 0 Å². The molecule has 0 aliphatic rings. The van der Waals surface area contributed by atoms with Crippen molar-refractivity contribution in [3.05, 3.63) is 90.0 Å². The summed E-state index contributed by atoms with van der Waals surface area (Å²) in [6.07, 6.45) is 4.71. The van der Waals surface area contributed by atoms with Crippen LogP contribution in [0.5, 0.6) is 0 Å². The molecule has 0 amide bonds. The first kappa shape index (κ1) is 23.0. The number of unbranched alkanes of at least 4 members (excludes halogenated alkanes) is 3. The fourth-order valence-electron chi connectivity index (χ4n) is 4.20. The molecule has 0 unspecified atom stereocenters. The molecule has 4 aromatic rings. The Hall–Kier alpha value is -3.21. The van der Waals surface area contributed by atoms with Crippen molar-refractivity contribution in [2.45, 2.75) is 52.4 Å². The van der Waals surface area contributed by atoms with Gasteiger partial charge in [-0.05, 0) is 17.5 Å². The van der Waals surface area contributed by atoms with E-state index in [2.05, 4.69) is 47.9 Å². The summed E-state index contributed by atoms with van der Waals surface area (Å²) in [7, 11) is 0. The lowest BCUT2D eigenvalue weighted by atomic mass is 10.0. The Kier molecular flexibility index (Phi) is 7.71. The number of benzene rings is 3. The van der Waals surface area contributed by atoms with Crippen LogP contribution in [-0.2, 0) is 19.8 Å². The van der Waals surface area contributed by atoms with Crippen LogP contribution in [0.25, 0.3) is 33.9 Å². The first-order valence-electron chi connectivity index (χ1n) is 11.8. The third kappa shape index (κ3) is 5.24. The minimum Gasteiger partial charge on any atom is -0.392 e. The fourth-order valence-corrected chi connectivity index (χ4v) is 4.20. The second kappa shape index (κ2) is 11.1. The van der Waals surface area contributed by atoms with E-state index in [-0.39, 0.29) is 13.2 Å². The molecule has 0 radical (unpaired) electrons. The minimum absolute atomic E-state index is 0.0247. The van der Waals surface area contributed by atoms with Crippen LogP contribution >= 0.6 is 0 Å². The molecule has 0 fully saturated rings. The molecule has 0 atom stereocenters. The quantitative estimate of drug-likeness (QED) is 0.279. The van der Waals surface area contributed by atoms with Crippen LogP contribution in [-0.4, -0.2) is 19.8 Å². The number of aromatic nitrogens is 2. The fraction of sp³-hybridized carbons (Fsp3) is 0.276. The number of hydrogen-bond acceptors (Lipinski definition) is 3. The Balaban J connectivity index is 1.90.